The summed E-state index contributed by atoms with van der Waals surface area (Å²) in [7, 11) is 0. The van der Waals surface area contributed by atoms with Gasteiger partial charge in [0.15, 0.2) is 0 Å². The number of hydrogen-bond donors (Lipinski definition) is 2. The summed E-state index contributed by atoms with van der Waals surface area (Å²) in [5.74, 6) is -0.0675. The first-order valence-corrected chi connectivity index (χ1v) is 4.10. The maximum absolute atomic E-state index is 11.3. The number of amides is 1. The zero-order valence-electron chi connectivity index (χ0n) is 7.27. The second kappa shape index (κ2) is 3.33. The Labute approximate surface area is 80.6 Å². The smallest absolute Gasteiger partial charge is 0.274 e. The van der Waals surface area contributed by atoms with Gasteiger partial charge in [-0.25, -0.2) is 0 Å². The Balaban J connectivity index is 2.03. The number of carbonyl (C=O) groups excluding carboxylic acids is 1. The SMILES string of the molecule is O=C(Nc1ccc(O)cc1)C1=NC=C1. The van der Waals surface area contributed by atoms with Crippen LogP contribution >= 0.6 is 0 Å². The van der Waals surface area contributed by atoms with Crippen LogP contribution in [0.3, 0.4) is 0 Å². The van der Waals surface area contributed by atoms with Crippen LogP contribution in [0.2, 0.25) is 0 Å². The zero-order chi connectivity index (χ0) is 9.97. The third kappa shape index (κ3) is 1.64. The highest BCUT2D eigenvalue weighted by atomic mass is 16.3. The van der Waals surface area contributed by atoms with Gasteiger partial charge in [-0.1, -0.05) is 0 Å². The summed E-state index contributed by atoms with van der Waals surface area (Å²) in [4.78, 5) is 15.1. The van der Waals surface area contributed by atoms with Gasteiger partial charge in [0.2, 0.25) is 0 Å². The minimum Gasteiger partial charge on any atom is -0.508 e. The van der Waals surface area contributed by atoms with Crippen LogP contribution in [0, 0.1) is 0 Å². The first kappa shape index (κ1) is 8.50. The van der Waals surface area contributed by atoms with Gasteiger partial charge in [-0.05, 0) is 30.3 Å². The lowest BCUT2D eigenvalue weighted by Gasteiger charge is -2.07. The van der Waals surface area contributed by atoms with Crippen LogP contribution in [-0.2, 0) is 4.79 Å². The minimum atomic E-state index is -0.238. The fourth-order valence-electron chi connectivity index (χ4n) is 1.02. The van der Waals surface area contributed by atoms with E-state index in [2.05, 4.69) is 10.3 Å². The highest BCUT2D eigenvalue weighted by Gasteiger charge is 2.11. The molecule has 1 aliphatic rings. The van der Waals surface area contributed by atoms with Gasteiger partial charge in [-0.3, -0.25) is 9.79 Å². The van der Waals surface area contributed by atoms with E-state index in [-0.39, 0.29) is 11.7 Å². The van der Waals surface area contributed by atoms with E-state index in [9.17, 15) is 4.79 Å². The molecule has 2 N–H and O–H groups in total. The molecule has 70 valence electrons. The molecule has 0 fully saturated rings. The summed E-state index contributed by atoms with van der Waals surface area (Å²) in [6.07, 6.45) is 3.20. The van der Waals surface area contributed by atoms with Crippen molar-refractivity contribution in [1.82, 2.24) is 0 Å². The molecule has 0 bridgehead atoms. The summed E-state index contributed by atoms with van der Waals surface area (Å²) in [5.41, 5.74) is 1.05. The molecule has 4 nitrogen and oxygen atoms in total. The number of aliphatic imine (C=N–C) groups is 1. The molecule has 14 heavy (non-hydrogen) atoms. The van der Waals surface area contributed by atoms with E-state index in [1.807, 2.05) is 0 Å². The highest BCUT2D eigenvalue weighted by Crippen LogP contribution is 2.14. The molecule has 4 heteroatoms. The van der Waals surface area contributed by atoms with Gasteiger partial charge in [-0.15, -0.1) is 0 Å². The molecule has 1 aromatic carbocycles. The third-order valence-corrected chi connectivity index (χ3v) is 1.80. The molecule has 0 saturated carbocycles. The number of anilines is 1. The quantitative estimate of drug-likeness (QED) is 0.687. The van der Waals surface area contributed by atoms with Crippen molar-refractivity contribution in [3.8, 4) is 5.75 Å². The molecule has 0 atom stereocenters. The summed E-state index contributed by atoms with van der Waals surface area (Å²) in [5, 5.41) is 11.6. The predicted octanol–water partition coefficient (Wildman–Crippen LogP) is 1.30. The molecule has 0 radical (unpaired) electrons. The van der Waals surface area contributed by atoms with Crippen molar-refractivity contribution in [2.24, 2.45) is 4.99 Å². The molecule has 0 unspecified atom stereocenters. The zero-order valence-corrected chi connectivity index (χ0v) is 7.27. The third-order valence-electron chi connectivity index (χ3n) is 1.80. The first-order valence-electron chi connectivity index (χ1n) is 4.10. The lowest BCUT2D eigenvalue weighted by atomic mass is 10.2. The van der Waals surface area contributed by atoms with Crippen LogP contribution in [0.1, 0.15) is 0 Å². The van der Waals surface area contributed by atoms with Crippen molar-refractivity contribution >= 4 is 17.3 Å². The van der Waals surface area contributed by atoms with Crippen molar-refractivity contribution in [2.75, 3.05) is 5.32 Å². The number of aromatic hydroxyl groups is 1. The first-order chi connectivity index (χ1) is 6.75. The number of phenols is 1. The molecule has 0 aliphatic carbocycles. The van der Waals surface area contributed by atoms with Gasteiger partial charge in [0.05, 0.1) is 0 Å². The highest BCUT2D eigenvalue weighted by molar-refractivity contribution is 6.48. The van der Waals surface area contributed by atoms with Crippen LogP contribution < -0.4 is 5.32 Å². The van der Waals surface area contributed by atoms with Gasteiger partial charge in [0.1, 0.15) is 11.5 Å². The van der Waals surface area contributed by atoms with E-state index >= 15 is 0 Å². The van der Waals surface area contributed by atoms with Gasteiger partial charge >= 0.3 is 0 Å². The van der Waals surface area contributed by atoms with Crippen molar-refractivity contribution in [3.63, 3.8) is 0 Å². The van der Waals surface area contributed by atoms with Crippen molar-refractivity contribution in [2.45, 2.75) is 0 Å². The molecule has 2 rings (SSSR count). The Morgan fingerprint density at radius 2 is 1.93 bits per heavy atom. The number of rotatable bonds is 2. The molecule has 0 aromatic heterocycles. The van der Waals surface area contributed by atoms with E-state index in [1.165, 1.54) is 12.1 Å². The van der Waals surface area contributed by atoms with Crippen LogP contribution in [0.5, 0.6) is 5.75 Å². The Morgan fingerprint density at radius 3 is 2.43 bits per heavy atom. The molecule has 0 spiro atoms. The lowest BCUT2D eigenvalue weighted by Crippen LogP contribution is -2.23. The second-order valence-electron chi connectivity index (χ2n) is 2.83. The van der Waals surface area contributed by atoms with Crippen molar-refractivity contribution in [3.05, 3.63) is 36.5 Å². The molecule has 1 aromatic rings. The largest absolute Gasteiger partial charge is 0.508 e. The molecular formula is C10H8N2O2. The van der Waals surface area contributed by atoms with E-state index < -0.39 is 0 Å². The van der Waals surface area contributed by atoms with E-state index in [0.717, 1.165) is 0 Å². The van der Waals surface area contributed by atoms with E-state index in [1.54, 1.807) is 24.4 Å². The molecule has 1 aliphatic heterocycles. The maximum Gasteiger partial charge on any atom is 0.274 e. The van der Waals surface area contributed by atoms with Gasteiger partial charge in [0, 0.05) is 11.9 Å². The van der Waals surface area contributed by atoms with Gasteiger partial charge in [0.25, 0.3) is 5.91 Å². The summed E-state index contributed by atoms with van der Waals surface area (Å²) < 4.78 is 0. The Hall–Kier alpha value is -2.10. The van der Waals surface area contributed by atoms with E-state index in [4.69, 9.17) is 5.11 Å². The number of hydrogen-bond acceptors (Lipinski definition) is 3. The van der Waals surface area contributed by atoms with Crippen LogP contribution in [0.25, 0.3) is 0 Å². The van der Waals surface area contributed by atoms with E-state index in [0.29, 0.717) is 11.4 Å². The average Bonchev–Trinajstić information content (AvgIpc) is 2.06. The lowest BCUT2D eigenvalue weighted by molar-refractivity contribution is -0.110. The van der Waals surface area contributed by atoms with Crippen LogP contribution in [-0.4, -0.2) is 16.7 Å². The van der Waals surface area contributed by atoms with Crippen LogP contribution in [0.15, 0.2) is 41.5 Å². The Bertz CT molecular complexity index is 418. The predicted molar refractivity (Wildman–Crippen MR) is 53.3 cm³/mol. The topological polar surface area (TPSA) is 61.7 Å². The maximum atomic E-state index is 11.3. The minimum absolute atomic E-state index is 0.170. The summed E-state index contributed by atoms with van der Waals surface area (Å²) in [6.45, 7) is 0. The Morgan fingerprint density at radius 1 is 1.29 bits per heavy atom. The van der Waals surface area contributed by atoms with Crippen molar-refractivity contribution in [1.29, 1.82) is 0 Å². The number of benzene rings is 1. The van der Waals surface area contributed by atoms with Gasteiger partial charge < -0.3 is 10.4 Å². The molecule has 1 heterocycles. The molecule has 0 saturated heterocycles. The number of nitrogens with zero attached hydrogens (tertiary/aromatic N) is 1. The average molecular weight is 188 g/mol. The number of nitrogens with one attached hydrogen (secondary N) is 1. The van der Waals surface area contributed by atoms with Gasteiger partial charge in [-0.2, -0.15) is 0 Å². The fraction of sp³-hybridized carbons (Fsp3) is 0. The van der Waals surface area contributed by atoms with Crippen LogP contribution in [0.4, 0.5) is 5.69 Å². The Kier molecular flexibility index (Phi) is 2.02. The summed E-state index contributed by atoms with van der Waals surface area (Å²) >= 11 is 0. The molecule has 1 amide bonds. The second-order valence-corrected chi connectivity index (χ2v) is 2.83. The normalized spacial score (nSPS) is 13.0. The standard InChI is InChI=1S/C10H8N2O2/c13-8-3-1-7(2-4-8)12-10(14)9-5-6-11-9/h1-6,13H,(H,12,14). The number of phenolic OH excluding ortho intramolecular Hbond substituents is 1. The molecular weight excluding hydrogens is 180 g/mol. The van der Waals surface area contributed by atoms with Crippen molar-refractivity contribution < 1.29 is 9.90 Å². The number of carbonyl (C=O) groups is 1. The summed E-state index contributed by atoms with van der Waals surface area (Å²) in [6, 6.07) is 6.26. The fourth-order valence-corrected chi connectivity index (χ4v) is 1.02. The monoisotopic (exact) mass is 188 g/mol.